The third-order valence-electron chi connectivity index (χ3n) is 3.41. The van der Waals surface area contributed by atoms with Crippen LogP contribution in [0.25, 0.3) is 0 Å². The molecule has 1 aliphatic heterocycles. The molecule has 1 aromatic carbocycles. The molecule has 0 saturated heterocycles. The fourth-order valence-corrected chi connectivity index (χ4v) is 2.33. The summed E-state index contributed by atoms with van der Waals surface area (Å²) in [6, 6.07) is 8.45. The van der Waals surface area contributed by atoms with Crippen molar-refractivity contribution in [2.24, 2.45) is 5.10 Å². The first-order valence-electron chi connectivity index (χ1n) is 6.19. The SMILES string of the molecule is COc1ccc(C2CC(C3=CC=CC3)=NN2)cc1. The number of nitrogens with zero attached hydrogens (tertiary/aromatic N) is 1. The second-order valence-electron chi connectivity index (χ2n) is 4.54. The topological polar surface area (TPSA) is 33.6 Å². The largest absolute Gasteiger partial charge is 0.497 e. The van der Waals surface area contributed by atoms with Gasteiger partial charge in [-0.25, -0.2) is 0 Å². The molecule has 0 fully saturated rings. The summed E-state index contributed by atoms with van der Waals surface area (Å²) in [5, 5.41) is 4.45. The van der Waals surface area contributed by atoms with Gasteiger partial charge in [0.25, 0.3) is 0 Å². The lowest BCUT2D eigenvalue weighted by Crippen LogP contribution is -2.09. The fourth-order valence-electron chi connectivity index (χ4n) is 2.33. The Hall–Kier alpha value is -2.03. The molecule has 1 atom stereocenters. The molecule has 3 rings (SSSR count). The van der Waals surface area contributed by atoms with Crippen LogP contribution in [0.2, 0.25) is 0 Å². The van der Waals surface area contributed by atoms with Gasteiger partial charge in [-0.15, -0.1) is 0 Å². The smallest absolute Gasteiger partial charge is 0.118 e. The summed E-state index contributed by atoms with van der Waals surface area (Å²) in [4.78, 5) is 0. The van der Waals surface area contributed by atoms with E-state index in [-0.39, 0.29) is 6.04 Å². The van der Waals surface area contributed by atoms with E-state index in [0.29, 0.717) is 0 Å². The normalized spacial score (nSPS) is 21.5. The van der Waals surface area contributed by atoms with E-state index in [1.54, 1.807) is 7.11 Å². The lowest BCUT2D eigenvalue weighted by atomic mass is 9.99. The van der Waals surface area contributed by atoms with Crippen LogP contribution in [0.1, 0.15) is 24.4 Å². The van der Waals surface area contributed by atoms with Gasteiger partial charge in [-0.1, -0.05) is 30.4 Å². The standard InChI is InChI=1S/C15H16N2O/c1-18-13-8-6-12(7-9-13)15-10-14(16-17-15)11-4-2-3-5-11/h2-4,6-9,15,17H,5,10H2,1H3. The van der Waals surface area contributed by atoms with Crippen molar-refractivity contribution in [3.8, 4) is 5.75 Å². The third kappa shape index (κ3) is 2.04. The summed E-state index contributed by atoms with van der Waals surface area (Å²) in [5.41, 5.74) is 6.98. The molecular weight excluding hydrogens is 224 g/mol. The second kappa shape index (κ2) is 4.69. The van der Waals surface area contributed by atoms with E-state index >= 15 is 0 Å². The van der Waals surface area contributed by atoms with Gasteiger partial charge in [-0.3, -0.25) is 0 Å². The van der Waals surface area contributed by atoms with E-state index in [1.165, 1.54) is 16.8 Å². The number of rotatable bonds is 3. The Morgan fingerprint density at radius 3 is 2.78 bits per heavy atom. The van der Waals surface area contributed by atoms with Crippen LogP contribution < -0.4 is 10.2 Å². The van der Waals surface area contributed by atoms with Gasteiger partial charge in [0, 0.05) is 6.42 Å². The Kier molecular flexibility index (Phi) is 2.89. The number of hydrazone groups is 1. The highest BCUT2D eigenvalue weighted by Crippen LogP contribution is 2.27. The third-order valence-corrected chi connectivity index (χ3v) is 3.41. The van der Waals surface area contributed by atoms with Crippen molar-refractivity contribution in [2.75, 3.05) is 7.11 Å². The molecule has 1 aromatic rings. The first-order chi connectivity index (χ1) is 8.86. The molecule has 0 saturated carbocycles. The number of hydrogen-bond donors (Lipinski definition) is 1. The number of methoxy groups -OCH3 is 1. The minimum absolute atomic E-state index is 0.285. The first-order valence-corrected chi connectivity index (χ1v) is 6.19. The number of benzene rings is 1. The van der Waals surface area contributed by atoms with Crippen molar-refractivity contribution in [1.82, 2.24) is 5.43 Å². The van der Waals surface area contributed by atoms with E-state index in [1.807, 2.05) is 12.1 Å². The zero-order valence-electron chi connectivity index (χ0n) is 10.4. The number of hydrogen-bond acceptors (Lipinski definition) is 3. The van der Waals surface area contributed by atoms with Gasteiger partial charge >= 0.3 is 0 Å². The zero-order chi connectivity index (χ0) is 12.4. The molecule has 1 unspecified atom stereocenters. The zero-order valence-corrected chi connectivity index (χ0v) is 10.4. The first kappa shape index (κ1) is 11.1. The average molecular weight is 240 g/mol. The van der Waals surface area contributed by atoms with Gasteiger partial charge in [0.2, 0.25) is 0 Å². The second-order valence-corrected chi connectivity index (χ2v) is 4.54. The lowest BCUT2D eigenvalue weighted by molar-refractivity contribution is 0.414. The van der Waals surface area contributed by atoms with Gasteiger partial charge in [0.05, 0.1) is 18.9 Å². The molecule has 0 bridgehead atoms. The molecule has 0 aromatic heterocycles. The number of allylic oxidation sites excluding steroid dienone is 4. The van der Waals surface area contributed by atoms with Crippen LogP contribution in [-0.4, -0.2) is 12.8 Å². The van der Waals surface area contributed by atoms with Crippen molar-refractivity contribution in [2.45, 2.75) is 18.9 Å². The number of ether oxygens (including phenoxy) is 1. The molecule has 1 heterocycles. The molecule has 18 heavy (non-hydrogen) atoms. The molecule has 0 amide bonds. The highest BCUT2D eigenvalue weighted by atomic mass is 16.5. The molecular formula is C15H16N2O. The summed E-state index contributed by atoms with van der Waals surface area (Å²) in [7, 11) is 1.68. The van der Waals surface area contributed by atoms with Gasteiger partial charge in [0.15, 0.2) is 0 Å². The number of nitrogens with one attached hydrogen (secondary N) is 1. The molecule has 2 aliphatic rings. The van der Waals surface area contributed by atoms with Gasteiger partial charge in [0.1, 0.15) is 5.75 Å². The maximum Gasteiger partial charge on any atom is 0.118 e. The quantitative estimate of drug-likeness (QED) is 0.881. The Bertz CT molecular complexity index is 526. The van der Waals surface area contributed by atoms with Crippen LogP contribution in [0.5, 0.6) is 5.75 Å². The molecule has 1 N–H and O–H groups in total. The Morgan fingerprint density at radius 1 is 1.28 bits per heavy atom. The average Bonchev–Trinajstić information content (AvgIpc) is 3.09. The van der Waals surface area contributed by atoms with Crippen molar-refractivity contribution >= 4 is 5.71 Å². The van der Waals surface area contributed by atoms with Crippen molar-refractivity contribution in [1.29, 1.82) is 0 Å². The van der Waals surface area contributed by atoms with Crippen LogP contribution >= 0.6 is 0 Å². The molecule has 3 nitrogen and oxygen atoms in total. The van der Waals surface area contributed by atoms with Crippen LogP contribution in [0.3, 0.4) is 0 Å². The highest BCUT2D eigenvalue weighted by molar-refractivity contribution is 6.02. The fraction of sp³-hybridized carbons (Fsp3) is 0.267. The maximum absolute atomic E-state index is 5.17. The molecule has 0 radical (unpaired) electrons. The minimum atomic E-state index is 0.285. The van der Waals surface area contributed by atoms with Crippen LogP contribution in [0, 0.1) is 0 Å². The van der Waals surface area contributed by atoms with Crippen LogP contribution in [-0.2, 0) is 0 Å². The molecule has 92 valence electrons. The molecule has 1 aliphatic carbocycles. The molecule has 3 heteroatoms. The van der Waals surface area contributed by atoms with E-state index in [2.05, 4.69) is 40.9 Å². The van der Waals surface area contributed by atoms with E-state index in [9.17, 15) is 0 Å². The highest BCUT2D eigenvalue weighted by Gasteiger charge is 2.22. The van der Waals surface area contributed by atoms with Crippen LogP contribution in [0.15, 0.2) is 53.2 Å². The van der Waals surface area contributed by atoms with Gasteiger partial charge < -0.3 is 10.2 Å². The van der Waals surface area contributed by atoms with E-state index in [0.717, 1.165) is 18.6 Å². The summed E-state index contributed by atoms with van der Waals surface area (Å²) in [6.45, 7) is 0. The Labute approximate surface area is 107 Å². The molecule has 0 spiro atoms. The van der Waals surface area contributed by atoms with Crippen molar-refractivity contribution < 1.29 is 4.74 Å². The Balaban J connectivity index is 1.69. The predicted molar refractivity (Wildman–Crippen MR) is 72.8 cm³/mol. The van der Waals surface area contributed by atoms with E-state index < -0.39 is 0 Å². The predicted octanol–water partition coefficient (Wildman–Crippen LogP) is 2.97. The van der Waals surface area contributed by atoms with Gasteiger partial charge in [-0.2, -0.15) is 5.10 Å². The van der Waals surface area contributed by atoms with Gasteiger partial charge in [-0.05, 0) is 29.7 Å². The maximum atomic E-state index is 5.17. The monoisotopic (exact) mass is 240 g/mol. The lowest BCUT2D eigenvalue weighted by Gasteiger charge is -2.10. The Morgan fingerprint density at radius 2 is 2.11 bits per heavy atom. The van der Waals surface area contributed by atoms with Crippen molar-refractivity contribution in [3.05, 3.63) is 53.6 Å². The van der Waals surface area contributed by atoms with Crippen molar-refractivity contribution in [3.63, 3.8) is 0 Å². The summed E-state index contributed by atoms with van der Waals surface area (Å²) in [6.07, 6.45) is 8.38. The van der Waals surface area contributed by atoms with E-state index in [4.69, 9.17) is 4.74 Å². The minimum Gasteiger partial charge on any atom is -0.497 e. The van der Waals surface area contributed by atoms with Crippen LogP contribution in [0.4, 0.5) is 0 Å². The summed E-state index contributed by atoms with van der Waals surface area (Å²) < 4.78 is 5.17. The summed E-state index contributed by atoms with van der Waals surface area (Å²) in [5.74, 6) is 0.889. The summed E-state index contributed by atoms with van der Waals surface area (Å²) >= 11 is 0.